The number of carbonyl (C=O) groups is 2. The lowest BCUT2D eigenvalue weighted by Gasteiger charge is -2.58. The Morgan fingerprint density at radius 1 is 1.14 bits per heavy atom. The predicted octanol–water partition coefficient (Wildman–Crippen LogP) is 4.28. The molecule has 0 aromatic heterocycles. The SMILES string of the molecule is C[C@]12CC3(CC3)C(=O)C=C1C=CC1C2CC[C@@]2(C)C1CC[C@@]2(O)CCC(=O)O. The lowest BCUT2D eigenvalue weighted by molar-refractivity contribution is -0.144. The van der Waals surface area contributed by atoms with Crippen molar-refractivity contribution in [2.24, 2.45) is 34.0 Å². The molecule has 0 aromatic carbocycles. The second kappa shape index (κ2) is 5.59. The Balaban J connectivity index is 1.48. The van der Waals surface area contributed by atoms with Gasteiger partial charge in [0.05, 0.1) is 5.60 Å². The van der Waals surface area contributed by atoms with Gasteiger partial charge in [-0.2, -0.15) is 0 Å². The van der Waals surface area contributed by atoms with Crippen LogP contribution in [-0.2, 0) is 9.59 Å². The Bertz CT molecular complexity index is 805. The number of carboxylic acids is 1. The summed E-state index contributed by atoms with van der Waals surface area (Å²) in [6.07, 6.45) is 13.6. The zero-order valence-electron chi connectivity index (χ0n) is 17.0. The van der Waals surface area contributed by atoms with Gasteiger partial charge in [0.25, 0.3) is 0 Å². The van der Waals surface area contributed by atoms with Crippen LogP contribution in [0.3, 0.4) is 0 Å². The van der Waals surface area contributed by atoms with Crippen molar-refractivity contribution in [1.82, 2.24) is 0 Å². The molecule has 4 heteroatoms. The number of rotatable bonds is 3. The number of carbonyl (C=O) groups excluding carboxylic acids is 1. The molecule has 5 aliphatic rings. The first-order valence-corrected chi connectivity index (χ1v) is 11.0. The van der Waals surface area contributed by atoms with Crippen molar-refractivity contribution in [1.29, 1.82) is 0 Å². The second-order valence-electron chi connectivity index (χ2n) is 10.9. The Kier molecular flexibility index (Phi) is 3.71. The summed E-state index contributed by atoms with van der Waals surface area (Å²) in [6.45, 7) is 4.58. The van der Waals surface area contributed by atoms with Crippen LogP contribution in [0.2, 0.25) is 0 Å². The molecule has 0 bridgehead atoms. The van der Waals surface area contributed by atoms with Crippen LogP contribution in [0.5, 0.6) is 0 Å². The zero-order chi connectivity index (χ0) is 19.9. The molecular formula is C24H32O4. The highest BCUT2D eigenvalue weighted by atomic mass is 16.4. The maximum atomic E-state index is 12.6. The predicted molar refractivity (Wildman–Crippen MR) is 105 cm³/mol. The minimum atomic E-state index is -0.869. The van der Waals surface area contributed by atoms with Crippen molar-refractivity contribution < 1.29 is 19.8 Å². The van der Waals surface area contributed by atoms with Gasteiger partial charge in [0.1, 0.15) is 0 Å². The largest absolute Gasteiger partial charge is 0.481 e. The standard InChI is InChI=1S/C24H32O4/c1-21-14-23(11-12-23)19(25)13-15(21)3-4-16-17(21)5-8-22(2)18(16)6-9-24(22,28)10-7-20(26)27/h3-4,13,16-18,28H,5-12,14H2,1-2H3,(H,26,27)/t16?,17?,18?,21-,22-,24+/m0/s1. The van der Waals surface area contributed by atoms with Crippen molar-refractivity contribution in [3.8, 4) is 0 Å². The van der Waals surface area contributed by atoms with Gasteiger partial charge in [0.2, 0.25) is 0 Å². The molecule has 5 rings (SSSR count). The van der Waals surface area contributed by atoms with E-state index in [1.165, 1.54) is 5.57 Å². The quantitative estimate of drug-likeness (QED) is 0.762. The molecule has 0 heterocycles. The third-order valence-corrected chi connectivity index (χ3v) is 9.75. The molecule has 152 valence electrons. The third kappa shape index (κ3) is 2.27. The number of hydrogen-bond donors (Lipinski definition) is 2. The van der Waals surface area contributed by atoms with E-state index in [-0.39, 0.29) is 22.7 Å². The van der Waals surface area contributed by atoms with Gasteiger partial charge in [-0.15, -0.1) is 0 Å². The molecule has 3 fully saturated rings. The summed E-state index contributed by atoms with van der Waals surface area (Å²) in [5, 5.41) is 20.6. The highest BCUT2D eigenvalue weighted by molar-refractivity contribution is 5.99. The molecule has 1 spiro atoms. The van der Waals surface area contributed by atoms with Gasteiger partial charge >= 0.3 is 5.97 Å². The minimum absolute atomic E-state index is 0.0397. The number of ketones is 1. The van der Waals surface area contributed by atoms with E-state index in [1.807, 2.05) is 6.08 Å². The highest BCUT2D eigenvalue weighted by Crippen LogP contribution is 2.69. The lowest BCUT2D eigenvalue weighted by Crippen LogP contribution is -2.54. The molecule has 0 aromatic rings. The van der Waals surface area contributed by atoms with E-state index in [2.05, 4.69) is 26.0 Å². The number of carboxylic acid groups (broad SMARTS) is 1. The van der Waals surface area contributed by atoms with Crippen molar-refractivity contribution in [3.63, 3.8) is 0 Å². The summed E-state index contributed by atoms with van der Waals surface area (Å²) in [6, 6.07) is 0. The van der Waals surface area contributed by atoms with E-state index in [1.54, 1.807) is 0 Å². The van der Waals surface area contributed by atoms with Crippen molar-refractivity contribution in [3.05, 3.63) is 23.8 Å². The zero-order valence-corrected chi connectivity index (χ0v) is 17.0. The fourth-order valence-electron chi connectivity index (χ4n) is 7.77. The van der Waals surface area contributed by atoms with Crippen LogP contribution >= 0.6 is 0 Å². The van der Waals surface area contributed by atoms with Gasteiger partial charge in [-0.3, -0.25) is 9.59 Å². The van der Waals surface area contributed by atoms with Crippen molar-refractivity contribution in [2.75, 3.05) is 0 Å². The summed E-state index contributed by atoms with van der Waals surface area (Å²) < 4.78 is 0. The average Bonchev–Trinajstić information content (AvgIpc) is 3.34. The van der Waals surface area contributed by atoms with Crippen LogP contribution in [0.25, 0.3) is 0 Å². The maximum absolute atomic E-state index is 12.6. The van der Waals surface area contributed by atoms with Crippen LogP contribution < -0.4 is 0 Å². The smallest absolute Gasteiger partial charge is 0.303 e. The van der Waals surface area contributed by atoms with Gasteiger partial charge in [0, 0.05) is 11.8 Å². The first kappa shape index (κ1) is 18.6. The van der Waals surface area contributed by atoms with Crippen LogP contribution in [0.4, 0.5) is 0 Å². The summed E-state index contributed by atoms with van der Waals surface area (Å²) >= 11 is 0. The fraction of sp³-hybridized carbons (Fsp3) is 0.750. The van der Waals surface area contributed by atoms with Crippen LogP contribution in [-0.4, -0.2) is 27.6 Å². The minimum Gasteiger partial charge on any atom is -0.481 e. The third-order valence-electron chi connectivity index (χ3n) is 9.75. The molecule has 0 aliphatic heterocycles. The number of allylic oxidation sites excluding steroid dienone is 4. The monoisotopic (exact) mass is 384 g/mol. The fourth-order valence-corrected chi connectivity index (χ4v) is 7.77. The lowest BCUT2D eigenvalue weighted by atomic mass is 9.47. The Morgan fingerprint density at radius 2 is 1.86 bits per heavy atom. The Morgan fingerprint density at radius 3 is 2.54 bits per heavy atom. The molecule has 0 saturated heterocycles. The number of fused-ring (bicyclic) bond motifs is 5. The summed E-state index contributed by atoms with van der Waals surface area (Å²) in [7, 11) is 0. The number of hydrogen-bond acceptors (Lipinski definition) is 3. The highest BCUT2D eigenvalue weighted by Gasteiger charge is 2.65. The van der Waals surface area contributed by atoms with Crippen LogP contribution in [0, 0.1) is 34.0 Å². The molecule has 6 atom stereocenters. The van der Waals surface area contributed by atoms with E-state index >= 15 is 0 Å². The van der Waals surface area contributed by atoms with Crippen molar-refractivity contribution in [2.45, 2.75) is 77.2 Å². The first-order valence-electron chi connectivity index (χ1n) is 11.0. The molecule has 0 radical (unpaired) electrons. The second-order valence-corrected chi connectivity index (χ2v) is 10.9. The van der Waals surface area contributed by atoms with Gasteiger partial charge in [0.15, 0.2) is 5.78 Å². The topological polar surface area (TPSA) is 74.6 Å². The van der Waals surface area contributed by atoms with Gasteiger partial charge in [-0.1, -0.05) is 26.0 Å². The molecule has 3 unspecified atom stereocenters. The van der Waals surface area contributed by atoms with E-state index in [0.717, 1.165) is 38.5 Å². The van der Waals surface area contributed by atoms with E-state index in [9.17, 15) is 14.7 Å². The molecule has 2 N–H and O–H groups in total. The van der Waals surface area contributed by atoms with Gasteiger partial charge in [-0.05, 0) is 91.6 Å². The number of aliphatic hydroxyl groups is 1. The van der Waals surface area contributed by atoms with Crippen LogP contribution in [0.15, 0.2) is 23.8 Å². The summed E-state index contributed by atoms with van der Waals surface area (Å²) in [5.41, 5.74) is 0.123. The van der Waals surface area contributed by atoms with Crippen molar-refractivity contribution >= 4 is 11.8 Å². The van der Waals surface area contributed by atoms with Crippen LogP contribution in [0.1, 0.15) is 71.6 Å². The molecule has 0 amide bonds. The maximum Gasteiger partial charge on any atom is 0.303 e. The molecule has 5 aliphatic carbocycles. The first-order chi connectivity index (χ1) is 13.1. The van der Waals surface area contributed by atoms with Gasteiger partial charge < -0.3 is 10.2 Å². The normalized spacial score (nSPS) is 47.9. The van der Waals surface area contributed by atoms with E-state index in [0.29, 0.717) is 36.4 Å². The Labute approximate surface area is 167 Å². The molecule has 28 heavy (non-hydrogen) atoms. The summed E-state index contributed by atoms with van der Waals surface area (Å²) in [5.74, 6) is 0.855. The Hall–Kier alpha value is -1.42. The summed E-state index contributed by atoms with van der Waals surface area (Å²) in [4.78, 5) is 23.7. The molecular weight excluding hydrogens is 352 g/mol. The van der Waals surface area contributed by atoms with Gasteiger partial charge in [-0.25, -0.2) is 0 Å². The van der Waals surface area contributed by atoms with E-state index < -0.39 is 11.6 Å². The molecule has 3 saturated carbocycles. The van der Waals surface area contributed by atoms with E-state index in [4.69, 9.17) is 5.11 Å². The average molecular weight is 385 g/mol. The number of aliphatic carboxylic acids is 1. The molecule has 4 nitrogen and oxygen atoms in total.